The van der Waals surface area contributed by atoms with E-state index >= 15 is 0 Å². The van der Waals surface area contributed by atoms with E-state index in [2.05, 4.69) is 15.3 Å². The molecule has 1 fully saturated rings. The normalized spacial score (nSPS) is 15.9. The molecule has 2 heterocycles. The molecule has 1 aromatic heterocycles. The van der Waals surface area contributed by atoms with Gasteiger partial charge in [-0.2, -0.15) is 0 Å². The zero-order chi connectivity index (χ0) is 20.9. The number of carbonyl (C=O) groups is 1. The lowest BCUT2D eigenvalue weighted by molar-refractivity contribution is 0.0936. The third-order valence-corrected chi connectivity index (χ3v) is 5.23. The Morgan fingerprint density at radius 3 is 2.83 bits per heavy atom. The van der Waals surface area contributed by atoms with E-state index in [1.807, 2.05) is 41.3 Å². The highest BCUT2D eigenvalue weighted by atomic mass is 19.1. The van der Waals surface area contributed by atoms with Crippen LogP contribution in [0.4, 0.5) is 10.3 Å². The predicted octanol–water partition coefficient (Wildman–Crippen LogP) is 2.79. The molecule has 1 unspecified atom stereocenters. The summed E-state index contributed by atoms with van der Waals surface area (Å²) < 4.78 is 14.2. The maximum absolute atomic E-state index is 14.2. The molecule has 4 rings (SSSR count). The molecule has 30 heavy (non-hydrogen) atoms. The fourth-order valence-electron chi connectivity index (χ4n) is 3.66. The molecule has 154 valence electrons. The average Bonchev–Trinajstić information content (AvgIpc) is 3.24. The fraction of sp³-hybridized carbons (Fsp3) is 0.261. The molecule has 1 aliphatic rings. The van der Waals surface area contributed by atoms with Crippen LogP contribution in [-0.2, 0) is 6.42 Å². The molecule has 3 aromatic rings. The van der Waals surface area contributed by atoms with Crippen LogP contribution in [0.5, 0.6) is 0 Å². The minimum atomic E-state index is -0.526. The number of benzene rings is 2. The van der Waals surface area contributed by atoms with Crippen LogP contribution in [0.1, 0.15) is 22.3 Å². The van der Waals surface area contributed by atoms with Gasteiger partial charge in [-0.3, -0.25) is 4.79 Å². The van der Waals surface area contributed by atoms with Crippen molar-refractivity contribution in [3.8, 4) is 11.3 Å². The first-order chi connectivity index (χ1) is 14.6. The molecule has 0 spiro atoms. The number of nitrogens with two attached hydrogens (primary N) is 1. The molecular formula is C23H24FN5O. The maximum Gasteiger partial charge on any atom is 0.254 e. The van der Waals surface area contributed by atoms with Crippen molar-refractivity contribution in [2.75, 3.05) is 24.5 Å². The molecule has 2 aromatic carbocycles. The zero-order valence-electron chi connectivity index (χ0n) is 16.6. The summed E-state index contributed by atoms with van der Waals surface area (Å²) in [7, 11) is 0. The second-order valence-electron chi connectivity index (χ2n) is 7.37. The number of nitrogens with zero attached hydrogens (tertiary/aromatic N) is 3. The third kappa shape index (κ3) is 4.46. The van der Waals surface area contributed by atoms with Crippen LogP contribution >= 0.6 is 0 Å². The molecule has 1 amide bonds. The highest BCUT2D eigenvalue weighted by Crippen LogP contribution is 2.21. The molecule has 0 saturated carbocycles. The predicted molar refractivity (Wildman–Crippen MR) is 115 cm³/mol. The van der Waals surface area contributed by atoms with E-state index in [9.17, 15) is 9.18 Å². The largest absolute Gasteiger partial charge is 0.347 e. The summed E-state index contributed by atoms with van der Waals surface area (Å²) in [6.45, 7) is 1.75. The van der Waals surface area contributed by atoms with Crippen molar-refractivity contribution in [1.82, 2.24) is 15.3 Å². The van der Waals surface area contributed by atoms with Gasteiger partial charge in [0.1, 0.15) is 5.82 Å². The highest BCUT2D eigenvalue weighted by Gasteiger charge is 2.27. The van der Waals surface area contributed by atoms with Gasteiger partial charge in [0.15, 0.2) is 0 Å². The Kier molecular flexibility index (Phi) is 5.99. The van der Waals surface area contributed by atoms with E-state index in [4.69, 9.17) is 5.73 Å². The summed E-state index contributed by atoms with van der Waals surface area (Å²) in [6.07, 6.45) is 3.09. The van der Waals surface area contributed by atoms with E-state index in [1.54, 1.807) is 18.3 Å². The van der Waals surface area contributed by atoms with Crippen LogP contribution in [0.2, 0.25) is 0 Å². The minimum absolute atomic E-state index is 0.0572. The van der Waals surface area contributed by atoms with Gasteiger partial charge in [0.05, 0.1) is 11.3 Å². The number of aromatic nitrogens is 2. The Labute approximate surface area is 175 Å². The zero-order valence-corrected chi connectivity index (χ0v) is 16.6. The third-order valence-electron chi connectivity index (χ3n) is 5.23. The quantitative estimate of drug-likeness (QED) is 0.659. The standard InChI is InChI=1S/C23H24FN5O/c24-20-7-6-16(8-11-25)14-19(20)22(30)27-18-10-13-29(15-18)23-26-12-9-21(28-23)17-4-2-1-3-5-17/h1-7,9,12,14,18H,8,10-11,13,15,25H2,(H,27,30). The summed E-state index contributed by atoms with van der Waals surface area (Å²) in [5.74, 6) is -0.302. The van der Waals surface area contributed by atoms with E-state index in [-0.39, 0.29) is 11.6 Å². The molecule has 1 saturated heterocycles. The topological polar surface area (TPSA) is 84.1 Å². The lowest BCUT2D eigenvalue weighted by atomic mass is 10.1. The minimum Gasteiger partial charge on any atom is -0.347 e. The first-order valence-electron chi connectivity index (χ1n) is 10.1. The Morgan fingerprint density at radius 1 is 1.20 bits per heavy atom. The number of hydrogen-bond acceptors (Lipinski definition) is 5. The van der Waals surface area contributed by atoms with Crippen LogP contribution in [0.3, 0.4) is 0 Å². The highest BCUT2D eigenvalue weighted by molar-refractivity contribution is 5.95. The summed E-state index contributed by atoms with van der Waals surface area (Å²) in [5, 5.41) is 2.94. The SMILES string of the molecule is NCCc1ccc(F)c(C(=O)NC2CCN(c3nccc(-c4ccccc4)n3)C2)c1. The number of rotatable bonds is 6. The molecule has 1 atom stereocenters. The van der Waals surface area contributed by atoms with Crippen molar-refractivity contribution in [1.29, 1.82) is 0 Å². The number of hydrogen-bond donors (Lipinski definition) is 2. The van der Waals surface area contributed by atoms with E-state index in [0.717, 1.165) is 29.8 Å². The number of amides is 1. The number of anilines is 1. The Bertz CT molecular complexity index is 1030. The number of carbonyl (C=O) groups excluding carboxylic acids is 1. The van der Waals surface area contributed by atoms with Crippen molar-refractivity contribution < 1.29 is 9.18 Å². The van der Waals surface area contributed by atoms with Gasteiger partial charge in [-0.15, -0.1) is 0 Å². The Balaban J connectivity index is 1.43. The second-order valence-corrected chi connectivity index (χ2v) is 7.37. The number of nitrogens with one attached hydrogen (secondary N) is 1. The van der Waals surface area contributed by atoms with Gasteiger partial charge in [-0.25, -0.2) is 14.4 Å². The first kappa shape index (κ1) is 20.0. The van der Waals surface area contributed by atoms with Gasteiger partial charge >= 0.3 is 0 Å². The molecule has 0 radical (unpaired) electrons. The van der Waals surface area contributed by atoms with Crippen LogP contribution in [0, 0.1) is 5.82 Å². The molecule has 0 bridgehead atoms. The molecule has 6 nitrogen and oxygen atoms in total. The smallest absolute Gasteiger partial charge is 0.254 e. The van der Waals surface area contributed by atoms with Crippen LogP contribution in [-0.4, -0.2) is 41.6 Å². The summed E-state index contributed by atoms with van der Waals surface area (Å²) in [6, 6.07) is 16.3. The van der Waals surface area contributed by atoms with Gasteiger partial charge in [-0.05, 0) is 43.1 Å². The summed E-state index contributed by atoms with van der Waals surface area (Å²) in [4.78, 5) is 23.7. The Morgan fingerprint density at radius 2 is 2.03 bits per heavy atom. The molecule has 1 aliphatic heterocycles. The van der Waals surface area contributed by atoms with Gasteiger partial charge < -0.3 is 16.0 Å². The van der Waals surface area contributed by atoms with E-state index < -0.39 is 11.7 Å². The first-order valence-corrected chi connectivity index (χ1v) is 10.1. The fourth-order valence-corrected chi connectivity index (χ4v) is 3.66. The van der Waals surface area contributed by atoms with Crippen molar-refractivity contribution in [2.45, 2.75) is 18.9 Å². The monoisotopic (exact) mass is 405 g/mol. The van der Waals surface area contributed by atoms with Gasteiger partial charge in [-0.1, -0.05) is 36.4 Å². The molecule has 0 aliphatic carbocycles. The van der Waals surface area contributed by atoms with Crippen molar-refractivity contribution >= 4 is 11.9 Å². The lowest BCUT2D eigenvalue weighted by Gasteiger charge is -2.18. The molecule has 3 N–H and O–H groups in total. The lowest BCUT2D eigenvalue weighted by Crippen LogP contribution is -2.37. The van der Waals surface area contributed by atoms with Gasteiger partial charge in [0.2, 0.25) is 5.95 Å². The van der Waals surface area contributed by atoms with Crippen molar-refractivity contribution in [3.05, 3.63) is 77.7 Å². The van der Waals surface area contributed by atoms with Gasteiger partial charge in [0.25, 0.3) is 5.91 Å². The van der Waals surface area contributed by atoms with Crippen LogP contribution in [0.15, 0.2) is 60.8 Å². The maximum atomic E-state index is 14.2. The Hall–Kier alpha value is -3.32. The van der Waals surface area contributed by atoms with Crippen molar-refractivity contribution in [2.24, 2.45) is 5.73 Å². The number of halogens is 1. The summed E-state index contributed by atoms with van der Waals surface area (Å²) in [5.41, 5.74) is 8.35. The van der Waals surface area contributed by atoms with E-state index in [1.165, 1.54) is 6.07 Å². The molecule has 7 heteroatoms. The van der Waals surface area contributed by atoms with Crippen LogP contribution < -0.4 is 16.0 Å². The molecular weight excluding hydrogens is 381 g/mol. The van der Waals surface area contributed by atoms with Gasteiger partial charge in [0, 0.05) is 30.9 Å². The van der Waals surface area contributed by atoms with Crippen molar-refractivity contribution in [3.63, 3.8) is 0 Å². The van der Waals surface area contributed by atoms with E-state index in [0.29, 0.717) is 25.5 Å². The average molecular weight is 405 g/mol. The second kappa shape index (κ2) is 9.00. The summed E-state index contributed by atoms with van der Waals surface area (Å²) >= 11 is 0. The van der Waals surface area contributed by atoms with Crippen LogP contribution in [0.25, 0.3) is 11.3 Å².